The van der Waals surface area contributed by atoms with Gasteiger partial charge in [-0.3, -0.25) is 4.98 Å². The largest absolute Gasteiger partial charge is 0.465 e. The fourth-order valence-corrected chi connectivity index (χ4v) is 1.49. The second kappa shape index (κ2) is 4.79. The van der Waals surface area contributed by atoms with Gasteiger partial charge in [-0.05, 0) is 18.6 Å². The van der Waals surface area contributed by atoms with E-state index in [-0.39, 0.29) is 11.4 Å². The number of carbonyl (C=O) groups is 1. The fraction of sp³-hybridized carbons (Fsp3) is 0.167. The molecule has 0 bridgehead atoms. The third-order valence-electron chi connectivity index (χ3n) is 2.50. The third-order valence-corrected chi connectivity index (χ3v) is 2.50. The summed E-state index contributed by atoms with van der Waals surface area (Å²) in [5, 5.41) is 0. The molecule has 92 valence electrons. The Morgan fingerprint density at radius 1 is 1.39 bits per heavy atom. The summed E-state index contributed by atoms with van der Waals surface area (Å²) in [7, 11) is 1.28. The van der Waals surface area contributed by atoms with Crippen molar-refractivity contribution in [3.63, 3.8) is 0 Å². The number of aryl methyl sites for hydroxylation is 1. The van der Waals surface area contributed by atoms with Gasteiger partial charge in [-0.1, -0.05) is 0 Å². The van der Waals surface area contributed by atoms with Crippen molar-refractivity contribution in [3.05, 3.63) is 35.8 Å². The lowest BCUT2D eigenvalue weighted by atomic mass is 10.1. The molecule has 0 aliphatic carbocycles. The van der Waals surface area contributed by atoms with Gasteiger partial charge >= 0.3 is 5.97 Å². The first-order valence-corrected chi connectivity index (χ1v) is 5.25. The van der Waals surface area contributed by atoms with E-state index < -0.39 is 5.97 Å². The SMILES string of the molecule is COC(=O)c1cnc(-c2cnccc2C)nc1N. The first-order valence-electron chi connectivity index (χ1n) is 5.25. The number of ether oxygens (including phenoxy) is 1. The van der Waals surface area contributed by atoms with E-state index in [0.717, 1.165) is 11.1 Å². The van der Waals surface area contributed by atoms with E-state index in [9.17, 15) is 4.79 Å². The number of hydrogen-bond donors (Lipinski definition) is 1. The molecule has 18 heavy (non-hydrogen) atoms. The van der Waals surface area contributed by atoms with Crippen molar-refractivity contribution in [1.82, 2.24) is 15.0 Å². The second-order valence-corrected chi connectivity index (χ2v) is 3.67. The molecule has 6 nitrogen and oxygen atoms in total. The van der Waals surface area contributed by atoms with Crippen LogP contribution in [-0.4, -0.2) is 28.0 Å². The summed E-state index contributed by atoms with van der Waals surface area (Å²) >= 11 is 0. The number of esters is 1. The predicted octanol–water partition coefficient (Wildman–Crippen LogP) is 1.22. The molecule has 2 aromatic heterocycles. The average molecular weight is 244 g/mol. The average Bonchev–Trinajstić information content (AvgIpc) is 2.38. The Labute approximate surface area is 104 Å². The summed E-state index contributed by atoms with van der Waals surface area (Å²) in [5.74, 6) is -0.0252. The molecule has 0 aliphatic rings. The molecule has 2 N–H and O–H groups in total. The first-order chi connectivity index (χ1) is 8.63. The minimum absolute atomic E-state index is 0.0927. The summed E-state index contributed by atoms with van der Waals surface area (Å²) in [6.45, 7) is 1.92. The normalized spacial score (nSPS) is 10.1. The number of pyridine rings is 1. The van der Waals surface area contributed by atoms with Crippen molar-refractivity contribution in [3.8, 4) is 11.4 Å². The summed E-state index contributed by atoms with van der Waals surface area (Å²) in [6, 6.07) is 1.85. The maximum absolute atomic E-state index is 11.4. The highest BCUT2D eigenvalue weighted by molar-refractivity contribution is 5.93. The van der Waals surface area contributed by atoms with Crippen molar-refractivity contribution in [1.29, 1.82) is 0 Å². The van der Waals surface area contributed by atoms with Crippen LogP contribution in [0.15, 0.2) is 24.7 Å². The van der Waals surface area contributed by atoms with E-state index in [1.165, 1.54) is 13.3 Å². The highest BCUT2D eigenvalue weighted by Crippen LogP contribution is 2.20. The zero-order valence-corrected chi connectivity index (χ0v) is 10.0. The third kappa shape index (κ3) is 2.13. The van der Waals surface area contributed by atoms with E-state index in [0.29, 0.717) is 5.82 Å². The van der Waals surface area contributed by atoms with Crippen LogP contribution in [0.1, 0.15) is 15.9 Å². The molecule has 6 heteroatoms. The number of nitrogens with two attached hydrogens (primary N) is 1. The lowest BCUT2D eigenvalue weighted by Crippen LogP contribution is -2.09. The molecular weight excluding hydrogens is 232 g/mol. The lowest BCUT2D eigenvalue weighted by Gasteiger charge is -2.06. The second-order valence-electron chi connectivity index (χ2n) is 3.67. The highest BCUT2D eigenvalue weighted by atomic mass is 16.5. The molecule has 2 rings (SSSR count). The Kier molecular flexibility index (Phi) is 3.18. The van der Waals surface area contributed by atoms with Crippen molar-refractivity contribution >= 4 is 11.8 Å². The Bertz CT molecular complexity index is 598. The van der Waals surface area contributed by atoms with Gasteiger partial charge in [0.05, 0.1) is 7.11 Å². The van der Waals surface area contributed by atoms with Crippen LogP contribution >= 0.6 is 0 Å². The number of rotatable bonds is 2. The van der Waals surface area contributed by atoms with Crippen LogP contribution in [0.5, 0.6) is 0 Å². The van der Waals surface area contributed by atoms with Crippen molar-refractivity contribution in [2.45, 2.75) is 6.92 Å². The quantitative estimate of drug-likeness (QED) is 0.798. The number of methoxy groups -OCH3 is 1. The van der Waals surface area contributed by atoms with Crippen LogP contribution in [0, 0.1) is 6.92 Å². The van der Waals surface area contributed by atoms with Gasteiger partial charge in [-0.2, -0.15) is 0 Å². The number of carbonyl (C=O) groups excluding carboxylic acids is 1. The zero-order valence-electron chi connectivity index (χ0n) is 10.0. The van der Waals surface area contributed by atoms with E-state index in [2.05, 4.69) is 19.7 Å². The van der Waals surface area contributed by atoms with Crippen LogP contribution < -0.4 is 5.73 Å². The molecule has 2 heterocycles. The van der Waals surface area contributed by atoms with Crippen molar-refractivity contribution in [2.75, 3.05) is 12.8 Å². The van der Waals surface area contributed by atoms with E-state index in [1.54, 1.807) is 12.4 Å². The molecule has 0 aliphatic heterocycles. The molecule has 0 saturated heterocycles. The van der Waals surface area contributed by atoms with Crippen LogP contribution in [0.2, 0.25) is 0 Å². The van der Waals surface area contributed by atoms with Gasteiger partial charge in [0.1, 0.15) is 11.4 Å². The Hall–Kier alpha value is -2.50. The van der Waals surface area contributed by atoms with E-state index in [1.807, 2.05) is 13.0 Å². The van der Waals surface area contributed by atoms with Crippen molar-refractivity contribution < 1.29 is 9.53 Å². The number of anilines is 1. The van der Waals surface area contributed by atoms with Crippen LogP contribution in [0.25, 0.3) is 11.4 Å². The van der Waals surface area contributed by atoms with E-state index >= 15 is 0 Å². The van der Waals surface area contributed by atoms with Gasteiger partial charge in [0.25, 0.3) is 0 Å². The molecule has 0 spiro atoms. The maximum Gasteiger partial charge on any atom is 0.343 e. The van der Waals surface area contributed by atoms with Crippen molar-refractivity contribution in [2.24, 2.45) is 0 Å². The molecule has 0 fully saturated rings. The molecule has 0 aromatic carbocycles. The molecule has 0 unspecified atom stereocenters. The fourth-order valence-electron chi connectivity index (χ4n) is 1.49. The Morgan fingerprint density at radius 2 is 2.17 bits per heavy atom. The zero-order chi connectivity index (χ0) is 13.1. The molecule has 0 amide bonds. The number of aromatic nitrogens is 3. The minimum Gasteiger partial charge on any atom is -0.465 e. The van der Waals surface area contributed by atoms with Crippen LogP contribution in [0.3, 0.4) is 0 Å². The van der Waals surface area contributed by atoms with Gasteiger partial charge in [-0.15, -0.1) is 0 Å². The first kappa shape index (κ1) is 12.0. The summed E-state index contributed by atoms with van der Waals surface area (Å²) in [5.41, 5.74) is 7.63. The Morgan fingerprint density at radius 3 is 2.78 bits per heavy atom. The monoisotopic (exact) mass is 244 g/mol. The van der Waals surface area contributed by atoms with Crippen LogP contribution in [0.4, 0.5) is 5.82 Å². The molecule has 0 saturated carbocycles. The minimum atomic E-state index is -0.554. The lowest BCUT2D eigenvalue weighted by molar-refractivity contribution is 0.0601. The highest BCUT2D eigenvalue weighted by Gasteiger charge is 2.14. The summed E-state index contributed by atoms with van der Waals surface area (Å²) in [6.07, 6.45) is 4.70. The number of hydrogen-bond acceptors (Lipinski definition) is 6. The molecule has 0 radical (unpaired) electrons. The van der Waals surface area contributed by atoms with Gasteiger partial charge < -0.3 is 10.5 Å². The smallest absolute Gasteiger partial charge is 0.343 e. The maximum atomic E-state index is 11.4. The topological polar surface area (TPSA) is 91.0 Å². The number of nitrogen functional groups attached to an aromatic ring is 1. The molecule has 2 aromatic rings. The van der Waals surface area contributed by atoms with E-state index in [4.69, 9.17) is 5.73 Å². The predicted molar refractivity (Wildman–Crippen MR) is 65.8 cm³/mol. The van der Waals surface area contributed by atoms with Gasteiger partial charge in [-0.25, -0.2) is 14.8 Å². The Balaban J connectivity index is 2.47. The standard InChI is InChI=1S/C12H12N4O2/c1-7-3-4-14-5-8(7)11-15-6-9(10(13)16-11)12(17)18-2/h3-6H,1-2H3,(H2,13,15,16). The van der Waals surface area contributed by atoms with Gasteiger partial charge in [0.15, 0.2) is 5.82 Å². The molecular formula is C12H12N4O2. The summed E-state index contributed by atoms with van der Waals surface area (Å²) in [4.78, 5) is 23.6. The number of nitrogens with zero attached hydrogens (tertiary/aromatic N) is 3. The van der Waals surface area contributed by atoms with Gasteiger partial charge in [0.2, 0.25) is 0 Å². The molecule has 0 atom stereocenters. The van der Waals surface area contributed by atoms with Gasteiger partial charge in [0, 0.05) is 24.2 Å². The van der Waals surface area contributed by atoms with Crippen LogP contribution in [-0.2, 0) is 4.74 Å². The summed E-state index contributed by atoms with van der Waals surface area (Å²) < 4.78 is 4.58.